The van der Waals surface area contributed by atoms with E-state index >= 15 is 0 Å². The Morgan fingerprint density at radius 2 is 2.10 bits per heavy atom. The number of benzene rings is 1. The van der Waals surface area contributed by atoms with Gasteiger partial charge in [-0.2, -0.15) is 0 Å². The minimum Gasteiger partial charge on any atom is -0.480 e. The predicted octanol–water partition coefficient (Wildman–Crippen LogP) is 2.15. The minimum absolute atomic E-state index is 0. The molecule has 0 radical (unpaired) electrons. The molecule has 156 valence electrons. The van der Waals surface area contributed by atoms with Crippen molar-refractivity contribution in [2.75, 3.05) is 25.6 Å². The number of carbonyl (C=O) groups excluding carboxylic acids is 1. The summed E-state index contributed by atoms with van der Waals surface area (Å²) in [5, 5.41) is 2.46. The number of amidine groups is 1. The summed E-state index contributed by atoms with van der Waals surface area (Å²) in [6.07, 6.45) is -0.661. The molecule has 1 aliphatic heterocycles. The molecule has 1 aromatic carbocycles. The number of aromatic nitrogens is 2. The summed E-state index contributed by atoms with van der Waals surface area (Å²) in [6, 6.07) is 3.25. The van der Waals surface area contributed by atoms with Gasteiger partial charge in [0.2, 0.25) is 5.88 Å². The fraction of sp³-hybridized carbons (Fsp3) is 0.294. The van der Waals surface area contributed by atoms with Crippen molar-refractivity contribution in [2.45, 2.75) is 12.0 Å². The maximum Gasteiger partial charge on any atom is 0.275 e. The van der Waals surface area contributed by atoms with Crippen molar-refractivity contribution >= 4 is 29.8 Å². The van der Waals surface area contributed by atoms with Gasteiger partial charge in [0.15, 0.2) is 5.54 Å². The van der Waals surface area contributed by atoms with Crippen LogP contribution < -0.4 is 15.8 Å². The average molecular weight is 432 g/mol. The first-order chi connectivity index (χ1) is 13.4. The topological polar surface area (TPSA) is 112 Å². The first-order valence-electron chi connectivity index (χ1n) is 8.03. The lowest BCUT2D eigenvalue weighted by molar-refractivity contribution is -0.0145. The van der Waals surface area contributed by atoms with E-state index in [1.807, 2.05) is 0 Å². The predicted molar refractivity (Wildman–Crippen MR) is 100 cm³/mol. The van der Waals surface area contributed by atoms with Crippen LogP contribution in [0.3, 0.4) is 0 Å². The van der Waals surface area contributed by atoms with Crippen LogP contribution in [0.2, 0.25) is 0 Å². The van der Waals surface area contributed by atoms with Gasteiger partial charge in [0.25, 0.3) is 12.3 Å². The van der Waals surface area contributed by atoms with Crippen LogP contribution in [-0.4, -0.2) is 48.5 Å². The molecule has 0 aliphatic carbocycles. The number of hydrogen-bond acceptors (Lipinski definition) is 7. The molecule has 1 aliphatic rings. The van der Waals surface area contributed by atoms with Crippen molar-refractivity contribution in [1.82, 2.24) is 9.97 Å². The lowest BCUT2D eigenvalue weighted by Crippen LogP contribution is -2.45. The second kappa shape index (κ2) is 9.05. The van der Waals surface area contributed by atoms with Crippen LogP contribution in [0.4, 0.5) is 18.9 Å². The Labute approximate surface area is 169 Å². The summed E-state index contributed by atoms with van der Waals surface area (Å²) >= 11 is 0. The average Bonchev–Trinajstić information content (AvgIpc) is 2.69. The largest absolute Gasteiger partial charge is 0.480 e. The standard InChI is InChI=1S/C17H16F3N5O3.ClH/c1-27-14-6-22-12(5-23-14)15(26)24-9-2-3-11(18)10(4-9)17(16(19)20)8-28-7-13(21)25-17;/h2-6,16H,7-8H2,1H3,(H2,21,25)(H,24,26);1H/t17-;/m0./s1. The van der Waals surface area contributed by atoms with E-state index in [0.29, 0.717) is 0 Å². The molecule has 12 heteroatoms. The van der Waals surface area contributed by atoms with Crippen LogP contribution in [0.15, 0.2) is 35.6 Å². The smallest absolute Gasteiger partial charge is 0.275 e. The molecule has 3 N–H and O–H groups in total. The first kappa shape index (κ1) is 22.4. The number of nitrogens with one attached hydrogen (secondary N) is 1. The molecule has 1 atom stereocenters. The van der Waals surface area contributed by atoms with E-state index < -0.39 is 35.9 Å². The third-order valence-electron chi connectivity index (χ3n) is 4.04. The maximum absolute atomic E-state index is 14.4. The quantitative estimate of drug-likeness (QED) is 0.750. The van der Waals surface area contributed by atoms with Crippen molar-refractivity contribution in [3.05, 3.63) is 47.7 Å². The molecule has 0 fully saturated rings. The number of carbonyl (C=O) groups is 1. The van der Waals surface area contributed by atoms with Crippen molar-refractivity contribution < 1.29 is 27.4 Å². The van der Waals surface area contributed by atoms with E-state index in [9.17, 15) is 18.0 Å². The SMILES string of the molecule is COc1cnc(C(=O)Nc2ccc(F)c([C@]3(C(F)F)COCC(N)=N3)c2)cn1.Cl. The lowest BCUT2D eigenvalue weighted by Gasteiger charge is -2.33. The summed E-state index contributed by atoms with van der Waals surface area (Å²) in [5.41, 5.74) is 2.81. The van der Waals surface area contributed by atoms with Crippen LogP contribution in [0.5, 0.6) is 5.88 Å². The van der Waals surface area contributed by atoms with Gasteiger partial charge in [-0.1, -0.05) is 0 Å². The molecule has 8 nitrogen and oxygen atoms in total. The maximum atomic E-state index is 14.4. The molecule has 2 heterocycles. The normalized spacial score (nSPS) is 18.6. The van der Waals surface area contributed by atoms with Gasteiger partial charge >= 0.3 is 0 Å². The van der Waals surface area contributed by atoms with Crippen molar-refractivity contribution in [3.63, 3.8) is 0 Å². The van der Waals surface area contributed by atoms with E-state index in [-0.39, 0.29) is 42.1 Å². The van der Waals surface area contributed by atoms with Crippen LogP contribution in [0.1, 0.15) is 16.1 Å². The summed E-state index contributed by atoms with van der Waals surface area (Å²) in [7, 11) is 1.40. The van der Waals surface area contributed by atoms with E-state index in [1.165, 1.54) is 25.6 Å². The third kappa shape index (κ3) is 4.57. The van der Waals surface area contributed by atoms with Crippen LogP contribution in [0.25, 0.3) is 0 Å². The number of alkyl halides is 2. The Bertz CT molecular complexity index is 914. The van der Waals surface area contributed by atoms with E-state index in [4.69, 9.17) is 15.2 Å². The number of methoxy groups -OCH3 is 1. The van der Waals surface area contributed by atoms with Crippen molar-refractivity contribution in [1.29, 1.82) is 0 Å². The molecule has 29 heavy (non-hydrogen) atoms. The van der Waals surface area contributed by atoms with Gasteiger partial charge in [-0.05, 0) is 18.2 Å². The molecule has 0 unspecified atom stereocenters. The highest BCUT2D eigenvalue weighted by atomic mass is 35.5. The number of amides is 1. The number of nitrogens with two attached hydrogens (primary N) is 1. The number of rotatable bonds is 5. The Balaban J connectivity index is 0.00000300. The molecule has 0 spiro atoms. The molecular weight excluding hydrogens is 415 g/mol. The van der Waals surface area contributed by atoms with Crippen LogP contribution >= 0.6 is 12.4 Å². The molecular formula is C17H17ClF3N5O3. The Morgan fingerprint density at radius 3 is 2.69 bits per heavy atom. The molecule has 0 bridgehead atoms. The molecule has 2 aromatic rings. The van der Waals surface area contributed by atoms with Gasteiger partial charge in [-0.3, -0.25) is 9.79 Å². The number of anilines is 1. The van der Waals surface area contributed by atoms with E-state index in [2.05, 4.69) is 20.3 Å². The highest BCUT2D eigenvalue weighted by Gasteiger charge is 2.46. The van der Waals surface area contributed by atoms with E-state index in [0.717, 1.165) is 12.1 Å². The van der Waals surface area contributed by atoms with Gasteiger partial charge in [-0.25, -0.2) is 23.1 Å². The Kier molecular flexibility index (Phi) is 6.98. The number of aliphatic imine (C=N–C) groups is 1. The highest BCUT2D eigenvalue weighted by Crippen LogP contribution is 2.37. The number of nitrogens with zero attached hydrogens (tertiary/aromatic N) is 3. The second-order valence-corrected chi connectivity index (χ2v) is 5.91. The summed E-state index contributed by atoms with van der Waals surface area (Å²) in [5.74, 6) is -1.55. The minimum atomic E-state index is -3.08. The number of halogens is 4. The molecule has 0 saturated heterocycles. The van der Waals surface area contributed by atoms with Crippen molar-refractivity contribution in [2.24, 2.45) is 10.7 Å². The zero-order chi connectivity index (χ0) is 20.3. The molecule has 1 aromatic heterocycles. The van der Waals surface area contributed by atoms with Crippen LogP contribution in [-0.2, 0) is 10.3 Å². The first-order valence-corrected chi connectivity index (χ1v) is 8.03. The summed E-state index contributed by atoms with van der Waals surface area (Å²) < 4.78 is 51.9. The van der Waals surface area contributed by atoms with Gasteiger partial charge in [0, 0.05) is 11.3 Å². The van der Waals surface area contributed by atoms with Crippen molar-refractivity contribution in [3.8, 4) is 5.88 Å². The second-order valence-electron chi connectivity index (χ2n) is 5.91. The Hall–Kier alpha value is -2.92. The fourth-order valence-electron chi connectivity index (χ4n) is 2.67. The zero-order valence-corrected chi connectivity index (χ0v) is 15.9. The van der Waals surface area contributed by atoms with Gasteiger partial charge in [0.05, 0.1) is 26.1 Å². The summed E-state index contributed by atoms with van der Waals surface area (Å²) in [4.78, 5) is 23.8. The molecule has 3 rings (SSSR count). The lowest BCUT2D eigenvalue weighted by atomic mass is 9.90. The summed E-state index contributed by atoms with van der Waals surface area (Å²) in [6.45, 7) is -0.674. The highest BCUT2D eigenvalue weighted by molar-refractivity contribution is 6.02. The third-order valence-corrected chi connectivity index (χ3v) is 4.04. The number of hydrogen-bond donors (Lipinski definition) is 2. The fourth-order valence-corrected chi connectivity index (χ4v) is 2.67. The Morgan fingerprint density at radius 1 is 1.34 bits per heavy atom. The monoisotopic (exact) mass is 431 g/mol. The zero-order valence-electron chi connectivity index (χ0n) is 15.1. The van der Waals surface area contributed by atoms with Gasteiger partial charge < -0.3 is 20.5 Å². The van der Waals surface area contributed by atoms with E-state index in [1.54, 1.807) is 0 Å². The van der Waals surface area contributed by atoms with Crippen LogP contribution in [0, 0.1) is 5.82 Å². The van der Waals surface area contributed by atoms with Gasteiger partial charge in [-0.15, -0.1) is 12.4 Å². The molecule has 0 saturated carbocycles. The number of ether oxygens (including phenoxy) is 2. The molecule has 1 amide bonds. The van der Waals surface area contributed by atoms with Gasteiger partial charge in [0.1, 0.15) is 24.0 Å².